The number of morpholine rings is 1. The lowest BCUT2D eigenvalue weighted by atomic mass is 10.00. The van der Waals surface area contributed by atoms with Gasteiger partial charge in [0, 0.05) is 5.56 Å². The van der Waals surface area contributed by atoms with Gasteiger partial charge in [0.25, 0.3) is 5.91 Å². The Morgan fingerprint density at radius 2 is 2.00 bits per heavy atom. The molecular weight excluding hydrogens is 343 g/mol. The Kier molecular flexibility index (Phi) is 5.32. The third-order valence-electron chi connectivity index (χ3n) is 4.49. The van der Waals surface area contributed by atoms with E-state index in [-0.39, 0.29) is 25.2 Å². The molecular formula is C18H19FN2O5. The van der Waals surface area contributed by atoms with Crippen molar-refractivity contribution in [3.63, 3.8) is 0 Å². The second-order valence-electron chi connectivity index (χ2n) is 6.27. The number of fused-ring (bicyclic) bond motifs is 1. The number of carbonyl (C=O) groups excluding carboxylic acids is 2. The van der Waals surface area contributed by atoms with Crippen LogP contribution in [-0.2, 0) is 14.3 Å². The van der Waals surface area contributed by atoms with Crippen molar-refractivity contribution in [3.05, 3.63) is 47.8 Å². The number of amides is 2. The molecule has 0 saturated carbocycles. The zero-order valence-electron chi connectivity index (χ0n) is 13.9. The fourth-order valence-electron chi connectivity index (χ4n) is 3.19. The summed E-state index contributed by atoms with van der Waals surface area (Å²) >= 11 is 0. The number of halogens is 1. The lowest BCUT2D eigenvalue weighted by Gasteiger charge is -2.42. The van der Waals surface area contributed by atoms with Crippen LogP contribution in [0.1, 0.15) is 23.2 Å². The maximum Gasteiger partial charge on any atom is 0.328 e. The molecule has 8 heteroatoms. The fraction of sp³-hybridized carbons (Fsp3) is 0.389. The van der Waals surface area contributed by atoms with Crippen LogP contribution in [0.15, 0.2) is 36.4 Å². The van der Waals surface area contributed by atoms with Crippen molar-refractivity contribution >= 4 is 17.8 Å². The van der Waals surface area contributed by atoms with E-state index in [4.69, 9.17) is 4.74 Å². The Labute approximate surface area is 149 Å². The van der Waals surface area contributed by atoms with Crippen LogP contribution in [0.3, 0.4) is 0 Å². The highest BCUT2D eigenvalue weighted by molar-refractivity contribution is 5.98. The Morgan fingerprint density at radius 1 is 1.23 bits per heavy atom. The summed E-state index contributed by atoms with van der Waals surface area (Å²) in [7, 11) is 0. The monoisotopic (exact) mass is 362 g/mol. The summed E-state index contributed by atoms with van der Waals surface area (Å²) in [5.74, 6) is -2.77. The number of hydrogen-bond donors (Lipinski definition) is 2. The van der Waals surface area contributed by atoms with E-state index in [1.54, 1.807) is 6.08 Å². The summed E-state index contributed by atoms with van der Waals surface area (Å²) in [5, 5.41) is 12.0. The molecule has 2 aliphatic heterocycles. The van der Waals surface area contributed by atoms with E-state index in [0.717, 1.165) is 6.07 Å². The first-order valence-electron chi connectivity index (χ1n) is 8.31. The standard InChI is InChI=1S/C18H19FN2O5/c19-12-5-3-4-11(8-12)16(22)20-14-7-2-1-6-13-9-26-10-15(18(24)25)21(13)17(14)23/h1-5,8,13-15H,6-7,9-10H2,(H,20,22)(H,24,25)/t13-,14-,15-/m0/s1. The molecule has 2 N–H and O–H groups in total. The van der Waals surface area contributed by atoms with E-state index >= 15 is 0 Å². The van der Waals surface area contributed by atoms with E-state index in [2.05, 4.69) is 5.32 Å². The maximum atomic E-state index is 13.3. The van der Waals surface area contributed by atoms with Gasteiger partial charge < -0.3 is 20.1 Å². The fourth-order valence-corrected chi connectivity index (χ4v) is 3.19. The zero-order chi connectivity index (χ0) is 18.7. The van der Waals surface area contributed by atoms with Gasteiger partial charge in [0.15, 0.2) is 6.04 Å². The van der Waals surface area contributed by atoms with Crippen molar-refractivity contribution in [1.29, 1.82) is 0 Å². The van der Waals surface area contributed by atoms with E-state index in [9.17, 15) is 23.9 Å². The molecule has 3 atom stereocenters. The summed E-state index contributed by atoms with van der Waals surface area (Å²) in [6.45, 7) is 0.149. The molecule has 1 aromatic carbocycles. The van der Waals surface area contributed by atoms with Crippen LogP contribution >= 0.6 is 0 Å². The van der Waals surface area contributed by atoms with Crippen molar-refractivity contribution in [3.8, 4) is 0 Å². The van der Waals surface area contributed by atoms with E-state index < -0.39 is 41.7 Å². The van der Waals surface area contributed by atoms with Gasteiger partial charge in [0.2, 0.25) is 5.91 Å². The minimum Gasteiger partial charge on any atom is -0.480 e. The third kappa shape index (κ3) is 3.75. The van der Waals surface area contributed by atoms with Gasteiger partial charge in [-0.2, -0.15) is 0 Å². The van der Waals surface area contributed by atoms with Crippen molar-refractivity contribution < 1.29 is 28.6 Å². The molecule has 0 radical (unpaired) electrons. The number of nitrogens with one attached hydrogen (secondary N) is 1. The summed E-state index contributed by atoms with van der Waals surface area (Å²) in [4.78, 5) is 38.2. The van der Waals surface area contributed by atoms with Crippen LogP contribution in [-0.4, -0.2) is 59.1 Å². The lowest BCUT2D eigenvalue weighted by Crippen LogP contribution is -2.62. The molecule has 1 aromatic rings. The number of benzene rings is 1. The number of nitrogens with zero attached hydrogens (tertiary/aromatic N) is 1. The number of aliphatic carboxylic acids is 1. The predicted octanol–water partition coefficient (Wildman–Crippen LogP) is 0.955. The number of hydrogen-bond acceptors (Lipinski definition) is 4. The largest absolute Gasteiger partial charge is 0.480 e. The Bertz CT molecular complexity index is 751. The highest BCUT2D eigenvalue weighted by Gasteiger charge is 2.41. The number of carboxylic acid groups (broad SMARTS) is 1. The molecule has 1 saturated heterocycles. The highest BCUT2D eigenvalue weighted by Crippen LogP contribution is 2.22. The third-order valence-corrected chi connectivity index (χ3v) is 4.49. The minimum absolute atomic E-state index is 0.0914. The first kappa shape index (κ1) is 18.1. The Morgan fingerprint density at radius 3 is 2.73 bits per heavy atom. The van der Waals surface area contributed by atoms with E-state index in [1.807, 2.05) is 6.08 Å². The van der Waals surface area contributed by atoms with E-state index in [0.29, 0.717) is 6.42 Å². The Hall–Kier alpha value is -2.74. The number of carbonyl (C=O) groups is 3. The molecule has 0 aromatic heterocycles. The predicted molar refractivity (Wildman–Crippen MR) is 88.9 cm³/mol. The van der Waals surface area contributed by atoms with Gasteiger partial charge in [0.05, 0.1) is 19.3 Å². The summed E-state index contributed by atoms with van der Waals surface area (Å²) in [5.41, 5.74) is 0.0946. The summed E-state index contributed by atoms with van der Waals surface area (Å²) in [6, 6.07) is 2.72. The van der Waals surface area contributed by atoms with Crippen LogP contribution < -0.4 is 5.32 Å². The van der Waals surface area contributed by atoms with Gasteiger partial charge in [-0.25, -0.2) is 9.18 Å². The highest BCUT2D eigenvalue weighted by atomic mass is 19.1. The normalized spacial score (nSPS) is 25.8. The van der Waals surface area contributed by atoms with Gasteiger partial charge in [-0.15, -0.1) is 0 Å². The molecule has 2 aliphatic rings. The molecule has 0 spiro atoms. The molecule has 1 fully saturated rings. The molecule has 0 aliphatic carbocycles. The van der Waals surface area contributed by atoms with E-state index in [1.165, 1.54) is 23.1 Å². The average Bonchev–Trinajstić information content (AvgIpc) is 2.61. The molecule has 3 rings (SSSR count). The first-order valence-corrected chi connectivity index (χ1v) is 8.31. The minimum atomic E-state index is -1.15. The van der Waals surface area contributed by atoms with Crippen molar-refractivity contribution in [2.45, 2.75) is 31.0 Å². The molecule has 2 heterocycles. The molecule has 7 nitrogen and oxygen atoms in total. The number of ether oxygens (including phenoxy) is 1. The van der Waals surface area contributed by atoms with Crippen LogP contribution in [0.2, 0.25) is 0 Å². The molecule has 138 valence electrons. The average molecular weight is 362 g/mol. The zero-order valence-corrected chi connectivity index (χ0v) is 13.9. The smallest absolute Gasteiger partial charge is 0.328 e. The summed E-state index contributed by atoms with van der Waals surface area (Å²) in [6.07, 6.45) is 4.34. The summed E-state index contributed by atoms with van der Waals surface area (Å²) < 4.78 is 18.6. The van der Waals surface area contributed by atoms with Crippen LogP contribution in [0.25, 0.3) is 0 Å². The SMILES string of the molecule is O=C(N[C@H]1CC=CC[C@H]2COC[C@@H](C(=O)O)N2C1=O)c1cccc(F)c1. The van der Waals surface area contributed by atoms with Crippen LogP contribution in [0.4, 0.5) is 4.39 Å². The second-order valence-corrected chi connectivity index (χ2v) is 6.27. The number of rotatable bonds is 3. The number of carboxylic acids is 1. The van der Waals surface area contributed by atoms with Crippen molar-refractivity contribution in [2.24, 2.45) is 0 Å². The first-order chi connectivity index (χ1) is 12.5. The quantitative estimate of drug-likeness (QED) is 0.781. The van der Waals surface area contributed by atoms with Crippen molar-refractivity contribution in [2.75, 3.05) is 13.2 Å². The van der Waals surface area contributed by atoms with Gasteiger partial charge in [-0.05, 0) is 31.0 Å². The van der Waals surface area contributed by atoms with Gasteiger partial charge >= 0.3 is 5.97 Å². The Balaban J connectivity index is 1.83. The second kappa shape index (κ2) is 7.65. The molecule has 0 bridgehead atoms. The molecule has 26 heavy (non-hydrogen) atoms. The van der Waals surface area contributed by atoms with Crippen LogP contribution in [0, 0.1) is 5.82 Å². The molecule has 0 unspecified atom stereocenters. The van der Waals surface area contributed by atoms with Crippen LogP contribution in [0.5, 0.6) is 0 Å². The van der Waals surface area contributed by atoms with Gasteiger partial charge in [-0.3, -0.25) is 9.59 Å². The topological polar surface area (TPSA) is 95.9 Å². The lowest BCUT2D eigenvalue weighted by molar-refractivity contribution is -0.164. The van der Waals surface area contributed by atoms with Crippen molar-refractivity contribution in [1.82, 2.24) is 10.2 Å². The van der Waals surface area contributed by atoms with Gasteiger partial charge in [-0.1, -0.05) is 18.2 Å². The molecule has 2 amide bonds. The van der Waals surface area contributed by atoms with Gasteiger partial charge in [0.1, 0.15) is 11.9 Å². The maximum absolute atomic E-state index is 13.3.